The van der Waals surface area contributed by atoms with Gasteiger partial charge in [0.15, 0.2) is 5.82 Å². The number of ether oxygens (including phenoxy) is 1. The largest absolute Gasteiger partial charge is 0.426 e. The molecule has 2 aliphatic rings. The van der Waals surface area contributed by atoms with Crippen molar-refractivity contribution in [3.05, 3.63) is 23.5 Å². The van der Waals surface area contributed by atoms with Crippen LogP contribution in [-0.4, -0.2) is 12.7 Å². The smallest absolute Gasteiger partial charge is 0.314 e. The van der Waals surface area contributed by atoms with E-state index in [1.54, 1.807) is 13.0 Å². The number of esters is 1. The predicted molar refractivity (Wildman–Crippen MR) is 103 cm³/mol. The molecule has 0 amide bonds. The molecule has 1 aromatic rings. The molecule has 26 heavy (non-hydrogen) atoms. The number of aliphatic imine (C=N–C) groups is 1. The summed E-state index contributed by atoms with van der Waals surface area (Å²) in [6.07, 6.45) is 9.43. The topological polar surface area (TPSA) is 38.7 Å². The Labute approximate surface area is 156 Å². The van der Waals surface area contributed by atoms with Gasteiger partial charge in [0.1, 0.15) is 11.4 Å². The molecule has 2 fully saturated rings. The number of nitrogens with zero attached hydrogens (tertiary/aromatic N) is 1. The first-order chi connectivity index (χ1) is 12.5. The van der Waals surface area contributed by atoms with E-state index in [2.05, 4.69) is 18.6 Å². The third-order valence-electron chi connectivity index (χ3n) is 6.44. The number of halogens is 1. The summed E-state index contributed by atoms with van der Waals surface area (Å²) in [7, 11) is 0. The Balaban J connectivity index is 1.53. The van der Waals surface area contributed by atoms with Crippen LogP contribution in [0.4, 0.5) is 10.1 Å². The van der Waals surface area contributed by atoms with Gasteiger partial charge in [-0.15, -0.1) is 0 Å². The molecule has 3 rings (SSSR count). The highest BCUT2D eigenvalue weighted by atomic mass is 19.1. The van der Waals surface area contributed by atoms with Gasteiger partial charge in [0, 0.05) is 6.07 Å². The summed E-state index contributed by atoms with van der Waals surface area (Å²) in [6, 6.07) is 2.88. The first-order valence-electron chi connectivity index (χ1n) is 9.96. The fourth-order valence-corrected chi connectivity index (χ4v) is 4.75. The van der Waals surface area contributed by atoms with Gasteiger partial charge in [0.05, 0.1) is 5.92 Å². The zero-order valence-electron chi connectivity index (χ0n) is 16.0. The molecular weight excluding hydrogens is 329 g/mol. The fraction of sp³-hybridized carbons (Fsp3) is 0.636. The van der Waals surface area contributed by atoms with Crippen molar-refractivity contribution < 1.29 is 13.9 Å². The van der Waals surface area contributed by atoms with Gasteiger partial charge >= 0.3 is 5.97 Å². The van der Waals surface area contributed by atoms with Crippen LogP contribution in [0.2, 0.25) is 0 Å². The van der Waals surface area contributed by atoms with Crippen LogP contribution < -0.4 is 4.74 Å². The van der Waals surface area contributed by atoms with E-state index >= 15 is 0 Å². The van der Waals surface area contributed by atoms with Crippen LogP contribution in [0.3, 0.4) is 0 Å². The Morgan fingerprint density at radius 1 is 1.08 bits per heavy atom. The predicted octanol–water partition coefficient (Wildman–Crippen LogP) is 6.00. The van der Waals surface area contributed by atoms with Gasteiger partial charge in [-0.2, -0.15) is 0 Å². The zero-order chi connectivity index (χ0) is 18.7. The zero-order valence-corrected chi connectivity index (χ0v) is 16.0. The van der Waals surface area contributed by atoms with Gasteiger partial charge in [-0.25, -0.2) is 4.39 Å². The second-order valence-electron chi connectivity index (χ2n) is 8.28. The van der Waals surface area contributed by atoms with Crippen molar-refractivity contribution in [1.82, 2.24) is 0 Å². The van der Waals surface area contributed by atoms with E-state index < -0.39 is 5.82 Å². The van der Waals surface area contributed by atoms with Gasteiger partial charge in [0.25, 0.3) is 0 Å². The number of carbonyl (C=O) groups excluding carboxylic acids is 1. The lowest BCUT2D eigenvalue weighted by Gasteiger charge is -2.36. The Morgan fingerprint density at radius 3 is 2.19 bits per heavy atom. The average molecular weight is 359 g/mol. The number of carbonyl (C=O) groups is 1. The van der Waals surface area contributed by atoms with E-state index in [4.69, 9.17) is 4.74 Å². The maximum atomic E-state index is 14.0. The normalized spacial score (nSPS) is 29.2. The fourth-order valence-electron chi connectivity index (χ4n) is 4.75. The number of rotatable bonds is 4. The van der Waals surface area contributed by atoms with E-state index in [0.717, 1.165) is 43.4 Å². The lowest BCUT2D eigenvalue weighted by Crippen LogP contribution is -2.29. The van der Waals surface area contributed by atoms with Gasteiger partial charge in [-0.05, 0) is 81.5 Å². The second kappa shape index (κ2) is 8.32. The number of hydrogen-bond acceptors (Lipinski definition) is 3. The molecule has 0 atom stereocenters. The minimum atomic E-state index is -0.502. The molecule has 0 aromatic heterocycles. The van der Waals surface area contributed by atoms with E-state index in [1.165, 1.54) is 31.7 Å². The van der Waals surface area contributed by atoms with Crippen molar-refractivity contribution in [2.45, 2.75) is 65.2 Å². The lowest BCUT2D eigenvalue weighted by atomic mass is 9.69. The summed E-state index contributed by atoms with van der Waals surface area (Å²) in [4.78, 5) is 16.2. The molecule has 0 spiro atoms. The first kappa shape index (κ1) is 19.1. The van der Waals surface area contributed by atoms with Crippen LogP contribution in [0.1, 0.15) is 63.9 Å². The molecule has 0 heterocycles. The SMILES string of the molecule is C=Nc1c(C)cc(OC(=O)C2CCC(C3CCC(C)CC3)CC2)cc1F. The molecule has 2 saturated carbocycles. The third-order valence-corrected chi connectivity index (χ3v) is 6.44. The molecule has 1 aromatic carbocycles. The van der Waals surface area contributed by atoms with Gasteiger partial charge in [-0.1, -0.05) is 19.8 Å². The monoisotopic (exact) mass is 359 g/mol. The van der Waals surface area contributed by atoms with Crippen LogP contribution in [0, 0.1) is 36.4 Å². The van der Waals surface area contributed by atoms with Crippen molar-refractivity contribution in [3.8, 4) is 5.75 Å². The molecule has 0 saturated heterocycles. The molecular formula is C22H30FNO2. The van der Waals surface area contributed by atoms with Crippen LogP contribution in [0.25, 0.3) is 0 Å². The van der Waals surface area contributed by atoms with Crippen LogP contribution in [0.15, 0.2) is 17.1 Å². The quantitative estimate of drug-likeness (QED) is 0.375. The molecule has 0 N–H and O–H groups in total. The molecule has 0 aliphatic heterocycles. The Morgan fingerprint density at radius 2 is 1.65 bits per heavy atom. The second-order valence-corrected chi connectivity index (χ2v) is 8.28. The highest BCUT2D eigenvalue weighted by molar-refractivity contribution is 5.75. The minimum Gasteiger partial charge on any atom is -0.426 e. The number of hydrogen-bond donors (Lipinski definition) is 0. The van der Waals surface area contributed by atoms with Crippen LogP contribution >= 0.6 is 0 Å². The van der Waals surface area contributed by atoms with Crippen molar-refractivity contribution >= 4 is 18.4 Å². The van der Waals surface area contributed by atoms with Crippen LogP contribution in [-0.2, 0) is 4.79 Å². The standard InChI is InChI=1S/C22H30FNO2/c1-14-4-6-16(7-5-14)17-8-10-18(11-9-17)22(25)26-19-12-15(2)21(24-3)20(23)13-19/h12-14,16-18H,3-11H2,1-2H3. The molecule has 0 bridgehead atoms. The average Bonchev–Trinajstić information content (AvgIpc) is 2.62. The van der Waals surface area contributed by atoms with E-state index in [1.807, 2.05) is 0 Å². The van der Waals surface area contributed by atoms with E-state index in [0.29, 0.717) is 5.56 Å². The summed E-state index contributed by atoms with van der Waals surface area (Å²) in [6.45, 7) is 7.46. The molecule has 0 unspecified atom stereocenters. The van der Waals surface area contributed by atoms with Crippen molar-refractivity contribution in [2.24, 2.45) is 28.7 Å². The molecule has 3 nitrogen and oxygen atoms in total. The highest BCUT2D eigenvalue weighted by Crippen LogP contribution is 2.41. The molecule has 2 aliphatic carbocycles. The lowest BCUT2D eigenvalue weighted by molar-refractivity contribution is -0.140. The van der Waals surface area contributed by atoms with Gasteiger partial charge in [-0.3, -0.25) is 9.79 Å². The van der Waals surface area contributed by atoms with Crippen molar-refractivity contribution in [2.75, 3.05) is 0 Å². The summed E-state index contributed by atoms with van der Waals surface area (Å²) >= 11 is 0. The molecule has 0 radical (unpaired) electrons. The summed E-state index contributed by atoms with van der Waals surface area (Å²) < 4.78 is 19.4. The Kier molecular flexibility index (Phi) is 6.10. The summed E-state index contributed by atoms with van der Waals surface area (Å²) in [5, 5.41) is 0. The highest BCUT2D eigenvalue weighted by Gasteiger charge is 2.33. The molecule has 142 valence electrons. The first-order valence-corrected chi connectivity index (χ1v) is 9.96. The van der Waals surface area contributed by atoms with E-state index in [9.17, 15) is 9.18 Å². The Bertz CT molecular complexity index is 633. The molecule has 4 heteroatoms. The van der Waals surface area contributed by atoms with Gasteiger partial charge in [0.2, 0.25) is 0 Å². The third kappa shape index (κ3) is 4.33. The minimum absolute atomic E-state index is 0.0608. The maximum Gasteiger partial charge on any atom is 0.314 e. The number of benzene rings is 1. The maximum absolute atomic E-state index is 14.0. The van der Waals surface area contributed by atoms with E-state index in [-0.39, 0.29) is 23.3 Å². The summed E-state index contributed by atoms with van der Waals surface area (Å²) in [5.41, 5.74) is 0.838. The summed E-state index contributed by atoms with van der Waals surface area (Å²) in [5.74, 6) is 1.97. The van der Waals surface area contributed by atoms with Gasteiger partial charge < -0.3 is 4.74 Å². The van der Waals surface area contributed by atoms with Crippen LogP contribution in [0.5, 0.6) is 5.75 Å². The van der Waals surface area contributed by atoms with Crippen molar-refractivity contribution in [1.29, 1.82) is 0 Å². The number of aryl methyl sites for hydroxylation is 1. The Hall–Kier alpha value is -1.71. The van der Waals surface area contributed by atoms with Crippen molar-refractivity contribution in [3.63, 3.8) is 0 Å².